The van der Waals surface area contributed by atoms with Crippen LogP contribution in [0, 0.1) is 6.92 Å². The SMILES string of the molecule is CCN(CC)C(=O)C(C)OC(=O)c1c(N)c(C)nn1CC. The molecule has 1 unspecified atom stereocenters. The van der Waals surface area contributed by atoms with Crippen LogP contribution in [0.3, 0.4) is 0 Å². The molecule has 0 aliphatic heterocycles. The van der Waals surface area contributed by atoms with E-state index in [-0.39, 0.29) is 11.6 Å². The van der Waals surface area contributed by atoms with Crippen molar-refractivity contribution in [3.63, 3.8) is 0 Å². The summed E-state index contributed by atoms with van der Waals surface area (Å²) in [6.07, 6.45) is -0.850. The van der Waals surface area contributed by atoms with Gasteiger partial charge in [-0.15, -0.1) is 0 Å². The molecule has 2 N–H and O–H groups in total. The van der Waals surface area contributed by atoms with Crippen LogP contribution in [0.25, 0.3) is 0 Å². The van der Waals surface area contributed by atoms with Crippen molar-refractivity contribution in [1.82, 2.24) is 14.7 Å². The fourth-order valence-electron chi connectivity index (χ4n) is 2.10. The molecule has 0 bridgehead atoms. The first-order valence-corrected chi connectivity index (χ1v) is 7.19. The van der Waals surface area contributed by atoms with Crippen molar-refractivity contribution < 1.29 is 14.3 Å². The van der Waals surface area contributed by atoms with Gasteiger partial charge in [-0.1, -0.05) is 0 Å². The molecule has 1 heterocycles. The van der Waals surface area contributed by atoms with Crippen LogP contribution in [0.1, 0.15) is 43.9 Å². The van der Waals surface area contributed by atoms with E-state index < -0.39 is 12.1 Å². The highest BCUT2D eigenvalue weighted by molar-refractivity contribution is 5.95. The van der Waals surface area contributed by atoms with Gasteiger partial charge in [-0.05, 0) is 34.6 Å². The van der Waals surface area contributed by atoms with Crippen molar-refractivity contribution in [3.8, 4) is 0 Å². The number of ether oxygens (including phenoxy) is 1. The Morgan fingerprint density at radius 2 is 1.90 bits per heavy atom. The Balaban J connectivity index is 2.89. The second-order valence-corrected chi connectivity index (χ2v) is 4.72. The van der Waals surface area contributed by atoms with Gasteiger partial charge in [0.05, 0.1) is 11.4 Å². The summed E-state index contributed by atoms with van der Waals surface area (Å²) in [5.74, 6) is -0.839. The second-order valence-electron chi connectivity index (χ2n) is 4.72. The molecule has 0 fully saturated rings. The normalized spacial score (nSPS) is 12.0. The molecular formula is C14H24N4O3. The quantitative estimate of drug-likeness (QED) is 0.797. The maximum Gasteiger partial charge on any atom is 0.359 e. The lowest BCUT2D eigenvalue weighted by Gasteiger charge is -2.22. The van der Waals surface area contributed by atoms with Crippen molar-refractivity contribution in [3.05, 3.63) is 11.4 Å². The van der Waals surface area contributed by atoms with Crippen LogP contribution in [0.4, 0.5) is 5.69 Å². The Labute approximate surface area is 125 Å². The number of aryl methyl sites for hydroxylation is 2. The number of carbonyl (C=O) groups excluding carboxylic acids is 2. The molecule has 0 aromatic carbocycles. The average molecular weight is 296 g/mol. The highest BCUT2D eigenvalue weighted by Crippen LogP contribution is 2.18. The van der Waals surface area contributed by atoms with Gasteiger partial charge in [-0.2, -0.15) is 5.10 Å². The summed E-state index contributed by atoms with van der Waals surface area (Å²) >= 11 is 0. The molecule has 0 spiro atoms. The van der Waals surface area contributed by atoms with Gasteiger partial charge in [0, 0.05) is 19.6 Å². The van der Waals surface area contributed by atoms with Crippen LogP contribution in [0.15, 0.2) is 0 Å². The highest BCUT2D eigenvalue weighted by Gasteiger charge is 2.26. The third-order valence-electron chi connectivity index (χ3n) is 3.37. The first-order chi connectivity index (χ1) is 9.87. The lowest BCUT2D eigenvalue weighted by molar-refractivity contribution is -0.139. The van der Waals surface area contributed by atoms with E-state index in [1.54, 1.807) is 18.7 Å². The number of nitrogens with zero attached hydrogens (tertiary/aromatic N) is 3. The van der Waals surface area contributed by atoms with Crippen LogP contribution in [-0.4, -0.2) is 45.8 Å². The van der Waals surface area contributed by atoms with Crippen molar-refractivity contribution >= 4 is 17.6 Å². The van der Waals surface area contributed by atoms with Crippen molar-refractivity contribution in [2.75, 3.05) is 18.8 Å². The third-order valence-corrected chi connectivity index (χ3v) is 3.37. The predicted octanol–water partition coefficient (Wildman–Crippen LogP) is 1.21. The molecule has 21 heavy (non-hydrogen) atoms. The molecular weight excluding hydrogens is 272 g/mol. The number of nitrogens with two attached hydrogens (primary N) is 1. The predicted molar refractivity (Wildman–Crippen MR) is 79.9 cm³/mol. The zero-order chi connectivity index (χ0) is 16.2. The van der Waals surface area contributed by atoms with E-state index in [1.807, 2.05) is 20.8 Å². The number of hydrogen-bond donors (Lipinski definition) is 1. The minimum atomic E-state index is -0.850. The summed E-state index contributed by atoms with van der Waals surface area (Å²) in [5, 5.41) is 4.16. The lowest BCUT2D eigenvalue weighted by Crippen LogP contribution is -2.40. The summed E-state index contributed by atoms with van der Waals surface area (Å²) in [5.41, 5.74) is 6.94. The van der Waals surface area contributed by atoms with E-state index in [9.17, 15) is 9.59 Å². The molecule has 1 rings (SSSR count). The molecule has 0 saturated heterocycles. The molecule has 1 aromatic heterocycles. The van der Waals surface area contributed by atoms with Crippen LogP contribution < -0.4 is 5.73 Å². The van der Waals surface area contributed by atoms with E-state index in [0.29, 0.717) is 31.0 Å². The first kappa shape index (κ1) is 17.0. The number of rotatable bonds is 6. The fourth-order valence-corrected chi connectivity index (χ4v) is 2.10. The number of nitrogen functional groups attached to an aromatic ring is 1. The van der Waals surface area contributed by atoms with Gasteiger partial charge in [-0.3, -0.25) is 9.48 Å². The van der Waals surface area contributed by atoms with Gasteiger partial charge >= 0.3 is 5.97 Å². The van der Waals surface area contributed by atoms with E-state index in [2.05, 4.69) is 5.10 Å². The van der Waals surface area contributed by atoms with Gasteiger partial charge in [0.15, 0.2) is 11.8 Å². The third kappa shape index (κ3) is 3.53. The van der Waals surface area contributed by atoms with Crippen molar-refractivity contribution in [2.45, 2.75) is 47.3 Å². The zero-order valence-corrected chi connectivity index (χ0v) is 13.3. The highest BCUT2D eigenvalue weighted by atomic mass is 16.5. The minimum absolute atomic E-state index is 0.203. The van der Waals surface area contributed by atoms with E-state index in [0.717, 1.165) is 0 Å². The number of carbonyl (C=O) groups is 2. The van der Waals surface area contributed by atoms with Gasteiger partial charge < -0.3 is 15.4 Å². The Bertz CT molecular complexity index is 521. The molecule has 0 aliphatic carbocycles. The van der Waals surface area contributed by atoms with Crippen LogP contribution in [-0.2, 0) is 16.1 Å². The van der Waals surface area contributed by atoms with Crippen LogP contribution in [0.5, 0.6) is 0 Å². The van der Waals surface area contributed by atoms with E-state index >= 15 is 0 Å². The Morgan fingerprint density at radius 3 is 2.38 bits per heavy atom. The smallest absolute Gasteiger partial charge is 0.359 e. The molecule has 0 aliphatic rings. The van der Waals surface area contributed by atoms with Crippen molar-refractivity contribution in [1.29, 1.82) is 0 Å². The van der Waals surface area contributed by atoms with E-state index in [1.165, 1.54) is 4.68 Å². The summed E-state index contributed by atoms with van der Waals surface area (Å²) in [7, 11) is 0. The minimum Gasteiger partial charge on any atom is -0.448 e. The molecule has 7 nitrogen and oxygen atoms in total. The first-order valence-electron chi connectivity index (χ1n) is 7.19. The van der Waals surface area contributed by atoms with Gasteiger partial charge in [0.25, 0.3) is 5.91 Å². The van der Waals surface area contributed by atoms with Crippen LogP contribution >= 0.6 is 0 Å². The van der Waals surface area contributed by atoms with E-state index in [4.69, 9.17) is 10.5 Å². The molecule has 0 radical (unpaired) electrons. The molecule has 1 amide bonds. The van der Waals surface area contributed by atoms with Gasteiger partial charge in [-0.25, -0.2) is 4.79 Å². The molecule has 1 aromatic rings. The lowest BCUT2D eigenvalue weighted by atomic mass is 10.3. The molecule has 7 heteroatoms. The standard InChI is InChI=1S/C14H24N4O3/c1-6-17(7-2)13(19)10(5)21-14(20)12-11(15)9(4)16-18(12)8-3/h10H,6-8,15H2,1-5H3. The summed E-state index contributed by atoms with van der Waals surface area (Å²) < 4.78 is 6.74. The number of hydrogen-bond acceptors (Lipinski definition) is 5. The molecule has 0 saturated carbocycles. The number of esters is 1. The van der Waals surface area contributed by atoms with Gasteiger partial charge in [0.1, 0.15) is 0 Å². The number of likely N-dealkylation sites (N-methyl/N-ethyl adjacent to an activating group) is 1. The number of aromatic nitrogens is 2. The summed E-state index contributed by atoms with van der Waals surface area (Å²) in [6.45, 7) is 10.6. The maximum atomic E-state index is 12.2. The summed E-state index contributed by atoms with van der Waals surface area (Å²) in [4.78, 5) is 26.0. The molecule has 1 atom stereocenters. The summed E-state index contributed by atoms with van der Waals surface area (Å²) in [6, 6.07) is 0. The number of anilines is 1. The Hall–Kier alpha value is -2.05. The fraction of sp³-hybridized carbons (Fsp3) is 0.643. The topological polar surface area (TPSA) is 90.4 Å². The zero-order valence-electron chi connectivity index (χ0n) is 13.3. The largest absolute Gasteiger partial charge is 0.448 e. The Kier molecular flexibility index (Phi) is 5.75. The molecule has 118 valence electrons. The monoisotopic (exact) mass is 296 g/mol. The maximum absolute atomic E-state index is 12.2. The van der Waals surface area contributed by atoms with Gasteiger partial charge in [0.2, 0.25) is 0 Å². The Morgan fingerprint density at radius 1 is 1.33 bits per heavy atom. The van der Waals surface area contributed by atoms with Crippen molar-refractivity contribution in [2.24, 2.45) is 0 Å². The number of amides is 1. The van der Waals surface area contributed by atoms with Crippen LogP contribution in [0.2, 0.25) is 0 Å². The average Bonchev–Trinajstić information content (AvgIpc) is 2.75. The second kappa shape index (κ2) is 7.10.